The number of imidazole rings is 1. The van der Waals surface area contributed by atoms with Crippen LogP contribution in [0.3, 0.4) is 0 Å². The van der Waals surface area contributed by atoms with Crippen molar-refractivity contribution in [2.75, 3.05) is 0 Å². The third-order valence-corrected chi connectivity index (χ3v) is 2.85. The van der Waals surface area contributed by atoms with Gasteiger partial charge >= 0.3 is 0 Å². The van der Waals surface area contributed by atoms with E-state index in [2.05, 4.69) is 36.2 Å². The largest absolute Gasteiger partial charge is 0.306 e. The SMILES string of the molecule is CCn1cc(-c2cn3cc(C)ccc3n2)cn1. The van der Waals surface area contributed by atoms with Gasteiger partial charge in [0.1, 0.15) is 5.65 Å². The molecule has 3 aromatic rings. The molecule has 0 fully saturated rings. The molecular weight excluding hydrogens is 212 g/mol. The predicted octanol–water partition coefficient (Wildman–Crippen LogP) is 2.53. The van der Waals surface area contributed by atoms with E-state index in [9.17, 15) is 0 Å². The molecule has 0 amide bonds. The molecule has 0 saturated heterocycles. The highest BCUT2D eigenvalue weighted by Gasteiger charge is 2.06. The molecular formula is C13H14N4. The quantitative estimate of drug-likeness (QED) is 0.673. The second kappa shape index (κ2) is 3.73. The first-order valence-corrected chi connectivity index (χ1v) is 5.74. The average Bonchev–Trinajstić information content (AvgIpc) is 2.93. The highest BCUT2D eigenvalue weighted by atomic mass is 15.3. The fourth-order valence-corrected chi connectivity index (χ4v) is 1.91. The third kappa shape index (κ3) is 1.71. The Kier molecular flexibility index (Phi) is 2.21. The smallest absolute Gasteiger partial charge is 0.137 e. The third-order valence-electron chi connectivity index (χ3n) is 2.85. The maximum atomic E-state index is 4.58. The van der Waals surface area contributed by atoms with E-state index in [-0.39, 0.29) is 0 Å². The minimum Gasteiger partial charge on any atom is -0.306 e. The van der Waals surface area contributed by atoms with Crippen molar-refractivity contribution in [3.05, 3.63) is 42.5 Å². The second-order valence-corrected chi connectivity index (χ2v) is 4.18. The topological polar surface area (TPSA) is 35.1 Å². The first kappa shape index (κ1) is 10.1. The van der Waals surface area contributed by atoms with Gasteiger partial charge in [-0.05, 0) is 25.5 Å². The summed E-state index contributed by atoms with van der Waals surface area (Å²) in [5.74, 6) is 0. The first-order chi connectivity index (χ1) is 8.26. The van der Waals surface area contributed by atoms with E-state index < -0.39 is 0 Å². The van der Waals surface area contributed by atoms with Crippen LogP contribution in [0.15, 0.2) is 36.9 Å². The van der Waals surface area contributed by atoms with Gasteiger partial charge in [-0.2, -0.15) is 5.10 Å². The Morgan fingerprint density at radius 1 is 1.18 bits per heavy atom. The van der Waals surface area contributed by atoms with Crippen LogP contribution in [0, 0.1) is 6.92 Å². The standard InChI is InChI=1S/C13H14N4/c1-3-17-8-11(6-14-17)12-9-16-7-10(2)4-5-13(16)15-12/h4-9H,3H2,1-2H3. The van der Waals surface area contributed by atoms with Crippen LogP contribution in [-0.2, 0) is 6.54 Å². The van der Waals surface area contributed by atoms with Crippen LogP contribution in [0.5, 0.6) is 0 Å². The lowest BCUT2D eigenvalue weighted by Gasteiger charge is -1.92. The van der Waals surface area contributed by atoms with Crippen LogP contribution in [0.1, 0.15) is 12.5 Å². The summed E-state index contributed by atoms with van der Waals surface area (Å²) in [6, 6.07) is 4.10. The molecule has 4 nitrogen and oxygen atoms in total. The molecule has 4 heteroatoms. The summed E-state index contributed by atoms with van der Waals surface area (Å²) in [7, 11) is 0. The van der Waals surface area contributed by atoms with Crippen LogP contribution < -0.4 is 0 Å². The lowest BCUT2D eigenvalue weighted by atomic mass is 10.3. The van der Waals surface area contributed by atoms with Gasteiger partial charge in [-0.1, -0.05) is 6.07 Å². The molecule has 17 heavy (non-hydrogen) atoms. The molecule has 0 N–H and O–H groups in total. The number of aryl methyl sites for hydroxylation is 2. The van der Waals surface area contributed by atoms with Crippen molar-refractivity contribution in [2.45, 2.75) is 20.4 Å². The van der Waals surface area contributed by atoms with Crippen molar-refractivity contribution >= 4 is 5.65 Å². The number of rotatable bonds is 2. The Bertz CT molecular complexity index is 663. The highest BCUT2D eigenvalue weighted by Crippen LogP contribution is 2.18. The van der Waals surface area contributed by atoms with Gasteiger partial charge in [-0.3, -0.25) is 4.68 Å². The van der Waals surface area contributed by atoms with Gasteiger partial charge in [0.25, 0.3) is 0 Å². The Morgan fingerprint density at radius 3 is 2.82 bits per heavy atom. The number of hydrogen-bond acceptors (Lipinski definition) is 2. The summed E-state index contributed by atoms with van der Waals surface area (Å²) in [5, 5.41) is 4.27. The zero-order valence-corrected chi connectivity index (χ0v) is 9.96. The Hall–Kier alpha value is -2.10. The van der Waals surface area contributed by atoms with Gasteiger partial charge in [-0.25, -0.2) is 4.98 Å². The summed E-state index contributed by atoms with van der Waals surface area (Å²) in [6.45, 7) is 5.03. The van der Waals surface area contributed by atoms with Gasteiger partial charge in [0.15, 0.2) is 0 Å². The normalized spacial score (nSPS) is 11.2. The van der Waals surface area contributed by atoms with Crippen LogP contribution in [0.2, 0.25) is 0 Å². The molecule has 0 aromatic carbocycles. The van der Waals surface area contributed by atoms with Crippen molar-refractivity contribution in [1.29, 1.82) is 0 Å². The van der Waals surface area contributed by atoms with Crippen LogP contribution in [0.4, 0.5) is 0 Å². The van der Waals surface area contributed by atoms with Gasteiger partial charge in [0, 0.05) is 30.7 Å². The average molecular weight is 226 g/mol. The zero-order chi connectivity index (χ0) is 11.8. The molecule has 0 saturated carbocycles. The maximum Gasteiger partial charge on any atom is 0.137 e. The molecule has 0 unspecified atom stereocenters. The van der Waals surface area contributed by atoms with E-state index in [1.165, 1.54) is 5.56 Å². The highest BCUT2D eigenvalue weighted by molar-refractivity contribution is 5.61. The number of hydrogen-bond donors (Lipinski definition) is 0. The molecule has 3 aromatic heterocycles. The molecule has 86 valence electrons. The van der Waals surface area contributed by atoms with Crippen molar-refractivity contribution < 1.29 is 0 Å². The zero-order valence-electron chi connectivity index (χ0n) is 9.96. The molecule has 0 spiro atoms. The monoisotopic (exact) mass is 226 g/mol. The molecule has 3 heterocycles. The Balaban J connectivity index is 2.11. The molecule has 0 bridgehead atoms. The number of fused-ring (bicyclic) bond motifs is 1. The Morgan fingerprint density at radius 2 is 2.06 bits per heavy atom. The van der Waals surface area contributed by atoms with Gasteiger partial charge < -0.3 is 4.40 Å². The van der Waals surface area contributed by atoms with Crippen LogP contribution in [0.25, 0.3) is 16.9 Å². The summed E-state index contributed by atoms with van der Waals surface area (Å²) in [5.41, 5.74) is 4.23. The van der Waals surface area contributed by atoms with E-state index in [0.717, 1.165) is 23.4 Å². The predicted molar refractivity (Wildman–Crippen MR) is 66.8 cm³/mol. The second-order valence-electron chi connectivity index (χ2n) is 4.18. The Labute approximate surface area is 99.5 Å². The van der Waals surface area contributed by atoms with E-state index >= 15 is 0 Å². The summed E-state index contributed by atoms with van der Waals surface area (Å²) < 4.78 is 3.96. The molecule has 0 aliphatic heterocycles. The van der Waals surface area contributed by atoms with Crippen molar-refractivity contribution in [1.82, 2.24) is 19.2 Å². The fraction of sp³-hybridized carbons (Fsp3) is 0.231. The summed E-state index contributed by atoms with van der Waals surface area (Å²) >= 11 is 0. The number of pyridine rings is 1. The van der Waals surface area contributed by atoms with E-state index in [1.807, 2.05) is 33.7 Å². The summed E-state index contributed by atoms with van der Waals surface area (Å²) in [6.07, 6.45) is 8.00. The van der Waals surface area contributed by atoms with Crippen molar-refractivity contribution in [3.63, 3.8) is 0 Å². The van der Waals surface area contributed by atoms with E-state index in [1.54, 1.807) is 0 Å². The maximum absolute atomic E-state index is 4.58. The van der Waals surface area contributed by atoms with Gasteiger partial charge in [0.2, 0.25) is 0 Å². The van der Waals surface area contributed by atoms with E-state index in [4.69, 9.17) is 0 Å². The molecule has 0 aliphatic carbocycles. The van der Waals surface area contributed by atoms with Gasteiger partial charge in [0.05, 0.1) is 11.9 Å². The molecule has 0 radical (unpaired) electrons. The van der Waals surface area contributed by atoms with Crippen LogP contribution >= 0.6 is 0 Å². The molecule has 0 aliphatic rings. The molecule has 0 atom stereocenters. The van der Waals surface area contributed by atoms with Crippen molar-refractivity contribution in [3.8, 4) is 11.3 Å². The fourth-order valence-electron chi connectivity index (χ4n) is 1.91. The number of nitrogens with zero attached hydrogens (tertiary/aromatic N) is 4. The summed E-state index contributed by atoms with van der Waals surface area (Å²) in [4.78, 5) is 4.58. The minimum absolute atomic E-state index is 0.881. The first-order valence-electron chi connectivity index (χ1n) is 5.74. The minimum atomic E-state index is 0.881. The van der Waals surface area contributed by atoms with E-state index in [0.29, 0.717) is 0 Å². The van der Waals surface area contributed by atoms with Gasteiger partial charge in [-0.15, -0.1) is 0 Å². The van der Waals surface area contributed by atoms with Crippen LogP contribution in [-0.4, -0.2) is 19.2 Å². The van der Waals surface area contributed by atoms with Crippen molar-refractivity contribution in [2.24, 2.45) is 0 Å². The number of aromatic nitrogens is 4. The lowest BCUT2D eigenvalue weighted by Crippen LogP contribution is -1.91. The molecule has 3 rings (SSSR count). The lowest BCUT2D eigenvalue weighted by molar-refractivity contribution is 0.660.